The highest BCUT2D eigenvalue weighted by atomic mass is 35.5. The van der Waals surface area contributed by atoms with Crippen LogP contribution in [0.1, 0.15) is 17.4 Å². The van der Waals surface area contributed by atoms with Crippen LogP contribution >= 0.6 is 24.0 Å². The second kappa shape index (κ2) is 10.4. The normalized spacial score (nSPS) is 9.36. The number of nitrogens with one attached hydrogen (secondary N) is 3. The largest absolute Gasteiger partial charge is 0.412 e. The molecule has 124 valence electrons. The van der Waals surface area contributed by atoms with Crippen molar-refractivity contribution in [2.75, 3.05) is 18.0 Å². The molecule has 1 rings (SSSR count). The van der Waals surface area contributed by atoms with Crippen molar-refractivity contribution in [1.82, 2.24) is 26.0 Å². The van der Waals surface area contributed by atoms with Crippen molar-refractivity contribution in [3.8, 4) is 0 Å². The average molecular weight is 355 g/mol. The fourth-order valence-corrected chi connectivity index (χ4v) is 1.19. The average Bonchev–Trinajstić information content (AvgIpc) is 2.39. The van der Waals surface area contributed by atoms with Crippen molar-refractivity contribution >= 4 is 53.9 Å². The number of hydrogen-bond donors (Lipinski definition) is 5. The zero-order valence-corrected chi connectivity index (χ0v) is 13.0. The molecule has 0 saturated carbocycles. The van der Waals surface area contributed by atoms with E-state index in [9.17, 15) is 9.59 Å². The van der Waals surface area contributed by atoms with Gasteiger partial charge >= 0.3 is 6.03 Å². The van der Waals surface area contributed by atoms with Gasteiger partial charge in [0, 0.05) is 6.54 Å². The molecule has 11 nitrogen and oxygen atoms in total. The SMILES string of the molecule is CCNC(=O)NN=CNC(=O)c1nc(Cl)c(N)nc1N.Cl.O. The highest BCUT2D eigenvalue weighted by molar-refractivity contribution is 6.31. The summed E-state index contributed by atoms with van der Waals surface area (Å²) in [5, 5.41) is 7.99. The van der Waals surface area contributed by atoms with Gasteiger partial charge in [0.25, 0.3) is 5.91 Å². The van der Waals surface area contributed by atoms with Gasteiger partial charge in [0.05, 0.1) is 0 Å². The van der Waals surface area contributed by atoms with E-state index in [-0.39, 0.29) is 40.4 Å². The van der Waals surface area contributed by atoms with Crippen molar-refractivity contribution in [2.24, 2.45) is 5.10 Å². The zero-order valence-electron chi connectivity index (χ0n) is 11.4. The number of nitrogens with zero attached hydrogens (tertiary/aromatic N) is 3. The van der Waals surface area contributed by atoms with Crippen LogP contribution in [0.2, 0.25) is 5.15 Å². The molecule has 0 bridgehead atoms. The molecule has 1 aromatic rings. The first-order valence-electron chi connectivity index (χ1n) is 5.40. The van der Waals surface area contributed by atoms with Gasteiger partial charge in [-0.15, -0.1) is 12.4 Å². The standard InChI is InChI=1S/C9H13ClN8O2.ClH.H2O/c1-2-13-9(20)18-15-3-14-8(19)4-6(11)17-7(12)5(10)16-4;;/h3H,2H2,1H3,(H4,11,12,17)(H2,13,18,20)(H,14,15,19);1H;1H2. The quantitative estimate of drug-likeness (QED) is 0.258. The topological polar surface area (TPSA) is 192 Å². The van der Waals surface area contributed by atoms with E-state index in [4.69, 9.17) is 23.1 Å². The predicted octanol–water partition coefficient (Wildman–Crippen LogP) is -1.12. The smallest absolute Gasteiger partial charge is 0.335 e. The summed E-state index contributed by atoms with van der Waals surface area (Å²) in [5.74, 6) is -0.944. The predicted molar refractivity (Wildman–Crippen MR) is 84.9 cm³/mol. The molecule has 0 aromatic carbocycles. The number of nitrogen functional groups attached to an aromatic ring is 2. The minimum atomic E-state index is -0.696. The third kappa shape index (κ3) is 6.39. The summed E-state index contributed by atoms with van der Waals surface area (Å²) in [6, 6.07) is -0.507. The van der Waals surface area contributed by atoms with E-state index in [1.54, 1.807) is 6.92 Å². The second-order valence-corrected chi connectivity index (χ2v) is 3.69. The molecule has 0 aliphatic heterocycles. The lowest BCUT2D eigenvalue weighted by molar-refractivity contribution is 0.0974. The van der Waals surface area contributed by atoms with E-state index >= 15 is 0 Å². The number of hydrogen-bond acceptors (Lipinski definition) is 7. The summed E-state index contributed by atoms with van der Waals surface area (Å²) >= 11 is 5.63. The lowest BCUT2D eigenvalue weighted by Crippen LogP contribution is -2.33. The number of hydrazone groups is 1. The zero-order chi connectivity index (χ0) is 15.1. The third-order valence-electron chi connectivity index (χ3n) is 1.88. The number of carbonyl (C=O) groups excluding carboxylic acids is 2. The molecular weight excluding hydrogens is 339 g/mol. The Morgan fingerprint density at radius 2 is 1.95 bits per heavy atom. The first-order chi connectivity index (χ1) is 9.45. The first-order valence-corrected chi connectivity index (χ1v) is 5.78. The minimum absolute atomic E-state index is 0. The molecule has 0 spiro atoms. The molecular formula is C9H16Cl2N8O3. The maximum atomic E-state index is 11.7. The number of nitrogens with two attached hydrogens (primary N) is 2. The Kier molecular flexibility index (Phi) is 10.3. The summed E-state index contributed by atoms with van der Waals surface area (Å²) in [6.45, 7) is 2.20. The number of aromatic nitrogens is 2. The first kappa shape index (κ1) is 21.9. The van der Waals surface area contributed by atoms with Crippen LogP contribution in [-0.4, -0.2) is 40.3 Å². The summed E-state index contributed by atoms with van der Waals surface area (Å²) in [5.41, 5.74) is 12.8. The van der Waals surface area contributed by atoms with E-state index < -0.39 is 11.9 Å². The van der Waals surface area contributed by atoms with Crippen LogP contribution in [0.15, 0.2) is 5.10 Å². The lowest BCUT2D eigenvalue weighted by atomic mass is 10.4. The lowest BCUT2D eigenvalue weighted by Gasteiger charge is -2.04. The Morgan fingerprint density at radius 3 is 2.55 bits per heavy atom. The van der Waals surface area contributed by atoms with Gasteiger partial charge in [-0.2, -0.15) is 5.10 Å². The monoisotopic (exact) mass is 354 g/mol. The summed E-state index contributed by atoms with van der Waals surface area (Å²) in [7, 11) is 0. The minimum Gasteiger partial charge on any atom is -0.412 e. The Labute approximate surface area is 136 Å². The Morgan fingerprint density at radius 1 is 1.32 bits per heavy atom. The van der Waals surface area contributed by atoms with Gasteiger partial charge in [0.2, 0.25) is 0 Å². The van der Waals surface area contributed by atoms with Gasteiger partial charge in [0.1, 0.15) is 6.34 Å². The number of rotatable bonds is 4. The summed E-state index contributed by atoms with van der Waals surface area (Å²) in [6.07, 6.45) is 0.961. The van der Waals surface area contributed by atoms with E-state index in [2.05, 4.69) is 31.1 Å². The van der Waals surface area contributed by atoms with Gasteiger partial charge in [-0.1, -0.05) is 11.6 Å². The fraction of sp³-hybridized carbons (Fsp3) is 0.222. The third-order valence-corrected chi connectivity index (χ3v) is 2.16. The van der Waals surface area contributed by atoms with Crippen LogP contribution in [-0.2, 0) is 0 Å². The van der Waals surface area contributed by atoms with E-state index in [1.165, 1.54) is 0 Å². The maximum absolute atomic E-state index is 11.7. The van der Waals surface area contributed by atoms with Gasteiger partial charge in [-0.05, 0) is 6.92 Å². The summed E-state index contributed by atoms with van der Waals surface area (Å²) < 4.78 is 0. The molecule has 1 heterocycles. The van der Waals surface area contributed by atoms with Gasteiger partial charge in [0.15, 0.2) is 22.5 Å². The molecule has 13 heteroatoms. The second-order valence-electron chi connectivity index (χ2n) is 3.34. The molecule has 0 aliphatic carbocycles. The van der Waals surface area contributed by atoms with Crippen LogP contribution in [0.25, 0.3) is 0 Å². The number of urea groups is 1. The van der Waals surface area contributed by atoms with Crippen LogP contribution in [0, 0.1) is 0 Å². The van der Waals surface area contributed by atoms with Crippen molar-refractivity contribution in [3.05, 3.63) is 10.8 Å². The molecule has 0 saturated heterocycles. The van der Waals surface area contributed by atoms with Crippen LogP contribution in [0.5, 0.6) is 0 Å². The number of amides is 3. The van der Waals surface area contributed by atoms with Crippen molar-refractivity contribution in [1.29, 1.82) is 0 Å². The van der Waals surface area contributed by atoms with Gasteiger partial charge < -0.3 is 27.6 Å². The number of anilines is 2. The molecule has 1 aromatic heterocycles. The molecule has 0 atom stereocenters. The molecule has 0 unspecified atom stereocenters. The van der Waals surface area contributed by atoms with Crippen molar-refractivity contribution in [3.63, 3.8) is 0 Å². The van der Waals surface area contributed by atoms with E-state index in [1.807, 2.05) is 0 Å². The van der Waals surface area contributed by atoms with Crippen LogP contribution in [0.4, 0.5) is 16.4 Å². The van der Waals surface area contributed by atoms with Crippen LogP contribution < -0.4 is 27.5 Å². The van der Waals surface area contributed by atoms with Crippen molar-refractivity contribution < 1.29 is 15.1 Å². The molecule has 0 radical (unpaired) electrons. The fourth-order valence-electron chi connectivity index (χ4n) is 1.06. The molecule has 0 fully saturated rings. The molecule has 9 N–H and O–H groups in total. The molecule has 22 heavy (non-hydrogen) atoms. The molecule has 0 aliphatic rings. The number of halogens is 2. The van der Waals surface area contributed by atoms with E-state index in [0.717, 1.165) is 6.34 Å². The highest BCUT2D eigenvalue weighted by Crippen LogP contribution is 2.16. The Hall–Kier alpha value is -2.37. The van der Waals surface area contributed by atoms with Crippen LogP contribution in [0.3, 0.4) is 0 Å². The summed E-state index contributed by atoms with van der Waals surface area (Å²) in [4.78, 5) is 30.0. The Balaban J connectivity index is 0. The van der Waals surface area contributed by atoms with E-state index in [0.29, 0.717) is 6.54 Å². The Bertz CT molecular complexity index is 554. The van der Waals surface area contributed by atoms with Crippen molar-refractivity contribution in [2.45, 2.75) is 6.92 Å². The highest BCUT2D eigenvalue weighted by Gasteiger charge is 2.14. The number of carbonyl (C=O) groups is 2. The van der Waals surface area contributed by atoms with Gasteiger partial charge in [-0.3, -0.25) is 4.79 Å². The van der Waals surface area contributed by atoms with Gasteiger partial charge in [-0.25, -0.2) is 20.2 Å². The maximum Gasteiger partial charge on any atom is 0.335 e. The molecule has 3 amide bonds.